The lowest BCUT2D eigenvalue weighted by molar-refractivity contribution is -0.148. The van der Waals surface area contributed by atoms with Crippen LogP contribution in [0.3, 0.4) is 0 Å². The number of nitrogens with zero attached hydrogens (tertiary/aromatic N) is 1. The predicted octanol–water partition coefficient (Wildman–Crippen LogP) is 8.06. The Morgan fingerprint density at radius 1 is 0.955 bits per heavy atom. The van der Waals surface area contributed by atoms with Crippen LogP contribution in [0.5, 0.6) is 5.75 Å². The Balaban J connectivity index is 1.63. The number of aromatic nitrogens is 1. The van der Waals surface area contributed by atoms with Gasteiger partial charge in [0.05, 0.1) is 13.2 Å². The largest absolute Gasteiger partial charge is 0.476 e. The van der Waals surface area contributed by atoms with Gasteiger partial charge in [0, 0.05) is 28.7 Å². The van der Waals surface area contributed by atoms with Gasteiger partial charge in [-0.3, -0.25) is 4.79 Å². The van der Waals surface area contributed by atoms with Crippen molar-refractivity contribution >= 4 is 22.8 Å². The minimum atomic E-state index is -0.936. The standard InChI is InChI=1S/C37H45FN2O4/c1-22(2)21-40-24(4)31(18-26-10-17-32(38)34(19-26)44-25(5)36(42)43-9)30-16-13-28(20-33(30)40)35(41)39-23(3)27-11-14-29(15-12-27)37(6,7)8/h10-17,19-20,22-23,25H,18,21H2,1-9H3,(H,39,41)/t23-,25+/m0/s1. The lowest BCUT2D eigenvalue weighted by Crippen LogP contribution is -2.26. The number of fused-ring (bicyclic) bond motifs is 1. The van der Waals surface area contributed by atoms with Crippen molar-refractivity contribution in [2.75, 3.05) is 7.11 Å². The van der Waals surface area contributed by atoms with Gasteiger partial charge in [0.15, 0.2) is 17.7 Å². The summed E-state index contributed by atoms with van der Waals surface area (Å²) in [4.78, 5) is 25.3. The first-order valence-electron chi connectivity index (χ1n) is 15.3. The summed E-state index contributed by atoms with van der Waals surface area (Å²) >= 11 is 0. The zero-order valence-electron chi connectivity index (χ0n) is 27.4. The second kappa shape index (κ2) is 13.2. The average molecular weight is 601 g/mol. The average Bonchev–Trinajstić information content (AvgIpc) is 3.22. The Kier molecular flexibility index (Phi) is 9.87. The number of ether oxygens (including phenoxy) is 2. The molecular weight excluding hydrogens is 555 g/mol. The van der Waals surface area contributed by atoms with Gasteiger partial charge in [-0.2, -0.15) is 0 Å². The van der Waals surface area contributed by atoms with E-state index in [1.165, 1.54) is 25.7 Å². The van der Waals surface area contributed by atoms with Crippen LogP contribution in [-0.2, 0) is 27.9 Å². The van der Waals surface area contributed by atoms with Gasteiger partial charge in [-0.15, -0.1) is 0 Å². The Morgan fingerprint density at radius 3 is 2.25 bits per heavy atom. The first-order chi connectivity index (χ1) is 20.7. The van der Waals surface area contributed by atoms with Crippen molar-refractivity contribution < 1.29 is 23.5 Å². The second-order valence-electron chi connectivity index (χ2n) is 13.1. The van der Waals surface area contributed by atoms with Gasteiger partial charge in [-0.25, -0.2) is 9.18 Å². The van der Waals surface area contributed by atoms with E-state index in [1.54, 1.807) is 12.1 Å². The van der Waals surface area contributed by atoms with E-state index >= 15 is 0 Å². The van der Waals surface area contributed by atoms with Gasteiger partial charge >= 0.3 is 5.97 Å². The quantitative estimate of drug-likeness (QED) is 0.187. The summed E-state index contributed by atoms with van der Waals surface area (Å²) in [5.74, 6) is -0.856. The zero-order chi connectivity index (χ0) is 32.3. The maximum Gasteiger partial charge on any atom is 0.346 e. The summed E-state index contributed by atoms with van der Waals surface area (Å²) in [5.41, 5.74) is 6.99. The van der Waals surface area contributed by atoms with Crippen molar-refractivity contribution in [3.63, 3.8) is 0 Å². The van der Waals surface area contributed by atoms with Crippen molar-refractivity contribution in [1.29, 1.82) is 0 Å². The highest BCUT2D eigenvalue weighted by atomic mass is 19.1. The number of amides is 1. The third-order valence-corrected chi connectivity index (χ3v) is 8.10. The number of carbonyl (C=O) groups is 2. The van der Waals surface area contributed by atoms with Crippen molar-refractivity contribution in [3.05, 3.63) is 100.0 Å². The number of hydrogen-bond acceptors (Lipinski definition) is 4. The van der Waals surface area contributed by atoms with Crippen LogP contribution in [-0.4, -0.2) is 29.7 Å². The number of carbonyl (C=O) groups excluding carboxylic acids is 2. The molecule has 0 bridgehead atoms. The molecule has 1 aromatic heterocycles. The molecule has 1 N–H and O–H groups in total. The topological polar surface area (TPSA) is 69.6 Å². The van der Waals surface area contributed by atoms with Crippen LogP contribution in [0.1, 0.15) is 92.8 Å². The lowest BCUT2D eigenvalue weighted by atomic mass is 9.86. The number of methoxy groups -OCH3 is 1. The van der Waals surface area contributed by atoms with Crippen LogP contribution in [0, 0.1) is 18.7 Å². The van der Waals surface area contributed by atoms with Crippen LogP contribution in [0.15, 0.2) is 60.7 Å². The van der Waals surface area contributed by atoms with Crippen LogP contribution in [0.2, 0.25) is 0 Å². The molecule has 0 unspecified atom stereocenters. The van der Waals surface area contributed by atoms with Gasteiger partial charge in [0.1, 0.15) is 0 Å². The minimum absolute atomic E-state index is 0.00472. The molecule has 3 aromatic carbocycles. The van der Waals surface area contributed by atoms with E-state index in [2.05, 4.69) is 75.7 Å². The van der Waals surface area contributed by atoms with Crippen molar-refractivity contribution in [1.82, 2.24) is 9.88 Å². The first kappa shape index (κ1) is 32.8. The Hall–Kier alpha value is -4.13. The Bertz CT molecular complexity index is 1650. The molecule has 4 rings (SSSR count). The number of rotatable bonds is 10. The number of benzene rings is 3. The van der Waals surface area contributed by atoms with E-state index in [9.17, 15) is 14.0 Å². The summed E-state index contributed by atoms with van der Waals surface area (Å²) in [6.45, 7) is 17.3. The molecule has 0 aliphatic heterocycles. The molecule has 6 nitrogen and oxygen atoms in total. The van der Waals surface area contributed by atoms with Gasteiger partial charge < -0.3 is 19.4 Å². The van der Waals surface area contributed by atoms with E-state index in [4.69, 9.17) is 9.47 Å². The fraction of sp³-hybridized carbons (Fsp3) is 0.405. The normalized spacial score (nSPS) is 13.2. The van der Waals surface area contributed by atoms with Gasteiger partial charge in [-0.05, 0) is 85.0 Å². The van der Waals surface area contributed by atoms with Crippen molar-refractivity contribution in [2.24, 2.45) is 5.92 Å². The van der Waals surface area contributed by atoms with Crippen molar-refractivity contribution in [3.8, 4) is 5.75 Å². The fourth-order valence-corrected chi connectivity index (χ4v) is 5.51. The maximum atomic E-state index is 14.6. The molecule has 0 aliphatic rings. The van der Waals surface area contributed by atoms with Crippen LogP contribution >= 0.6 is 0 Å². The number of hydrogen-bond donors (Lipinski definition) is 1. The molecule has 4 aromatic rings. The zero-order valence-corrected chi connectivity index (χ0v) is 27.4. The van der Waals surface area contributed by atoms with E-state index < -0.39 is 17.9 Å². The molecule has 0 saturated heterocycles. The van der Waals surface area contributed by atoms with Crippen LogP contribution in [0.4, 0.5) is 4.39 Å². The molecule has 0 saturated carbocycles. The van der Waals surface area contributed by atoms with E-state index in [0.717, 1.165) is 39.8 Å². The van der Waals surface area contributed by atoms with Gasteiger partial charge in [0.25, 0.3) is 5.91 Å². The van der Waals surface area contributed by atoms with E-state index in [-0.39, 0.29) is 23.1 Å². The Morgan fingerprint density at radius 2 is 1.64 bits per heavy atom. The minimum Gasteiger partial charge on any atom is -0.476 e. The summed E-state index contributed by atoms with van der Waals surface area (Å²) < 4.78 is 27.1. The molecular formula is C37H45FN2O4. The number of nitrogens with one attached hydrogen (secondary N) is 1. The SMILES string of the molecule is COC(=O)[C@@H](C)Oc1cc(Cc2c(C)n(CC(C)C)c3cc(C(=O)N[C@@H](C)c4ccc(C(C)(C)C)cc4)ccc23)ccc1F. The van der Waals surface area contributed by atoms with Crippen LogP contribution in [0.25, 0.3) is 10.9 Å². The highest BCUT2D eigenvalue weighted by Crippen LogP contribution is 2.32. The van der Waals surface area contributed by atoms with E-state index in [0.29, 0.717) is 17.9 Å². The number of esters is 1. The highest BCUT2D eigenvalue weighted by molar-refractivity contribution is 5.99. The third-order valence-electron chi connectivity index (χ3n) is 8.10. The molecule has 44 heavy (non-hydrogen) atoms. The van der Waals surface area contributed by atoms with Gasteiger partial charge in [-0.1, -0.05) is 71.0 Å². The van der Waals surface area contributed by atoms with E-state index in [1.807, 2.05) is 25.1 Å². The molecule has 7 heteroatoms. The molecule has 234 valence electrons. The lowest BCUT2D eigenvalue weighted by Gasteiger charge is -2.21. The predicted molar refractivity (Wildman–Crippen MR) is 174 cm³/mol. The summed E-state index contributed by atoms with van der Waals surface area (Å²) in [5, 5.41) is 4.21. The third kappa shape index (κ3) is 7.32. The molecule has 0 spiro atoms. The summed E-state index contributed by atoms with van der Waals surface area (Å²) in [7, 11) is 1.27. The van der Waals surface area contributed by atoms with Crippen molar-refractivity contribution in [2.45, 2.75) is 85.9 Å². The monoisotopic (exact) mass is 600 g/mol. The summed E-state index contributed by atoms with van der Waals surface area (Å²) in [6, 6.07) is 18.8. The summed E-state index contributed by atoms with van der Waals surface area (Å²) in [6.07, 6.45) is -0.404. The fourth-order valence-electron chi connectivity index (χ4n) is 5.51. The maximum absolute atomic E-state index is 14.6. The molecule has 2 atom stereocenters. The second-order valence-corrected chi connectivity index (χ2v) is 13.1. The van der Waals surface area contributed by atoms with Crippen LogP contribution < -0.4 is 10.1 Å². The molecule has 1 amide bonds. The smallest absolute Gasteiger partial charge is 0.346 e. The molecule has 0 aliphatic carbocycles. The molecule has 0 fully saturated rings. The number of halogens is 1. The Labute approximate surface area is 260 Å². The molecule has 1 heterocycles. The van der Waals surface area contributed by atoms with Gasteiger partial charge in [0.2, 0.25) is 0 Å². The first-order valence-corrected chi connectivity index (χ1v) is 15.3. The molecule has 0 radical (unpaired) electrons. The highest BCUT2D eigenvalue weighted by Gasteiger charge is 2.21.